The van der Waals surface area contributed by atoms with E-state index in [-0.39, 0.29) is 6.61 Å². The Bertz CT molecular complexity index is 752. The molecule has 0 aliphatic heterocycles. The molecular weight excluding hydrogens is 322 g/mol. The zero-order valence-corrected chi connectivity index (χ0v) is 14.4. The van der Waals surface area contributed by atoms with E-state index >= 15 is 0 Å². The van der Waals surface area contributed by atoms with Crippen molar-refractivity contribution in [3.05, 3.63) is 55.1 Å². The highest BCUT2D eigenvalue weighted by Crippen LogP contribution is 2.17. The molecule has 8 heteroatoms. The Labute approximate surface area is 146 Å². The first-order valence-corrected chi connectivity index (χ1v) is 7.49. The Morgan fingerprint density at radius 3 is 2.76 bits per heavy atom. The average Bonchev–Trinajstić information content (AvgIpc) is 3.07. The summed E-state index contributed by atoms with van der Waals surface area (Å²) >= 11 is 0. The summed E-state index contributed by atoms with van der Waals surface area (Å²) in [4.78, 5) is 13.7. The second kappa shape index (κ2) is 10.6. The number of carbonyl (C=O) groups is 1. The molecule has 0 aliphatic carbocycles. The molecule has 0 atom stereocenters. The fourth-order valence-electron chi connectivity index (χ4n) is 1.75. The molecule has 134 valence electrons. The summed E-state index contributed by atoms with van der Waals surface area (Å²) in [7, 11) is 3.39. The Morgan fingerprint density at radius 2 is 2.24 bits per heavy atom. The molecule has 0 saturated carbocycles. The topological polar surface area (TPSA) is 101 Å². The smallest absolute Gasteiger partial charge is 0.207 e. The first-order chi connectivity index (χ1) is 12.1. The maximum atomic E-state index is 9.34. The number of aliphatic hydroxyl groups excluding tert-OH is 1. The molecule has 2 aromatic heterocycles. The lowest BCUT2D eigenvalue weighted by Gasteiger charge is -2.03. The molecule has 0 bridgehead atoms. The van der Waals surface area contributed by atoms with Crippen molar-refractivity contribution in [1.82, 2.24) is 19.9 Å². The van der Waals surface area contributed by atoms with E-state index in [0.29, 0.717) is 18.7 Å². The lowest BCUT2D eigenvalue weighted by Crippen LogP contribution is -2.14. The molecule has 0 aliphatic rings. The third-order valence-corrected chi connectivity index (χ3v) is 3.01. The Hall–Kier alpha value is -3.13. The first kappa shape index (κ1) is 19.9. The third kappa shape index (κ3) is 6.11. The number of amides is 1. The lowest BCUT2D eigenvalue weighted by atomic mass is 10.1. The molecule has 1 amide bonds. The predicted octanol–water partition coefficient (Wildman–Crippen LogP) is 1.23. The molecule has 0 fully saturated rings. The van der Waals surface area contributed by atoms with Gasteiger partial charge in [-0.05, 0) is 18.2 Å². The summed E-state index contributed by atoms with van der Waals surface area (Å²) in [5.41, 5.74) is 2.40. The second-order valence-corrected chi connectivity index (χ2v) is 4.67. The summed E-state index contributed by atoms with van der Waals surface area (Å²) in [6.45, 7) is 7.91. The summed E-state index contributed by atoms with van der Waals surface area (Å²) in [5.74, 6) is 1.33. The number of carbonyl (C=O) groups excluding carboxylic acids is 1. The van der Waals surface area contributed by atoms with Crippen LogP contribution in [0.4, 0.5) is 5.82 Å². The molecule has 0 spiro atoms. The van der Waals surface area contributed by atoms with E-state index in [1.165, 1.54) is 0 Å². The molecule has 25 heavy (non-hydrogen) atoms. The number of anilines is 1. The molecule has 2 aromatic rings. The van der Waals surface area contributed by atoms with Crippen LogP contribution in [-0.2, 0) is 9.53 Å². The Kier molecular flexibility index (Phi) is 8.45. The van der Waals surface area contributed by atoms with Crippen LogP contribution >= 0.6 is 0 Å². The number of nitrogens with one attached hydrogen (secondary N) is 2. The molecule has 0 saturated heterocycles. The van der Waals surface area contributed by atoms with Gasteiger partial charge in [-0.15, -0.1) is 0 Å². The first-order valence-electron chi connectivity index (χ1n) is 7.49. The van der Waals surface area contributed by atoms with E-state index in [1.807, 2.05) is 25.4 Å². The SMILES string of the molecule is C=C/C(=C\C(=C)OC)c1ccc2nc(NC)cn2n1.O=CNCCO. The molecule has 2 rings (SSSR count). The fourth-order valence-corrected chi connectivity index (χ4v) is 1.75. The summed E-state index contributed by atoms with van der Waals surface area (Å²) in [6, 6.07) is 3.79. The average molecular weight is 345 g/mol. The summed E-state index contributed by atoms with van der Waals surface area (Å²) in [6.07, 6.45) is 5.88. The number of fused-ring (bicyclic) bond motifs is 1. The second-order valence-electron chi connectivity index (χ2n) is 4.67. The largest absolute Gasteiger partial charge is 0.497 e. The maximum Gasteiger partial charge on any atom is 0.207 e. The van der Waals surface area contributed by atoms with Crippen molar-refractivity contribution in [2.24, 2.45) is 0 Å². The van der Waals surface area contributed by atoms with E-state index in [9.17, 15) is 4.79 Å². The van der Waals surface area contributed by atoms with E-state index in [2.05, 4.69) is 33.9 Å². The molecule has 8 nitrogen and oxygen atoms in total. The van der Waals surface area contributed by atoms with Gasteiger partial charge in [0.15, 0.2) is 5.65 Å². The van der Waals surface area contributed by atoms with Crippen LogP contribution in [0.25, 0.3) is 11.2 Å². The monoisotopic (exact) mass is 345 g/mol. The highest BCUT2D eigenvalue weighted by Gasteiger charge is 2.05. The van der Waals surface area contributed by atoms with E-state index < -0.39 is 0 Å². The normalized spacial score (nSPS) is 10.4. The number of ether oxygens (including phenoxy) is 1. The minimum absolute atomic E-state index is 0.0126. The van der Waals surface area contributed by atoms with Crippen molar-refractivity contribution in [1.29, 1.82) is 0 Å². The van der Waals surface area contributed by atoms with Crippen LogP contribution in [0.5, 0.6) is 0 Å². The van der Waals surface area contributed by atoms with Gasteiger partial charge in [-0.3, -0.25) is 4.79 Å². The number of rotatable bonds is 8. The fraction of sp³-hybridized carbons (Fsp3) is 0.235. The van der Waals surface area contributed by atoms with Crippen LogP contribution in [0.2, 0.25) is 0 Å². The van der Waals surface area contributed by atoms with Gasteiger partial charge >= 0.3 is 0 Å². The van der Waals surface area contributed by atoms with Crippen LogP contribution in [-0.4, -0.2) is 53.4 Å². The minimum Gasteiger partial charge on any atom is -0.497 e. The maximum absolute atomic E-state index is 9.34. The van der Waals surface area contributed by atoms with Gasteiger partial charge in [0.05, 0.1) is 25.6 Å². The van der Waals surface area contributed by atoms with Crippen LogP contribution in [0, 0.1) is 0 Å². The van der Waals surface area contributed by atoms with Gasteiger partial charge in [-0.2, -0.15) is 5.10 Å². The molecule has 0 aromatic carbocycles. The minimum atomic E-state index is 0.0126. The highest BCUT2D eigenvalue weighted by molar-refractivity contribution is 5.73. The van der Waals surface area contributed by atoms with Crippen molar-refractivity contribution in [3.63, 3.8) is 0 Å². The standard InChI is InChI=1S/C14H16N4O.C3H7NO2/c1-5-11(8-10(2)19-4)12-6-7-14-16-13(15-3)9-18(14)17-12;5-2-1-4-3-6/h5-9,15H,1-2H2,3-4H3;3,5H,1-2H2,(H,4,6)/b11-8+;. The van der Waals surface area contributed by atoms with Crippen molar-refractivity contribution < 1.29 is 14.6 Å². The van der Waals surface area contributed by atoms with Crippen LogP contribution < -0.4 is 10.6 Å². The van der Waals surface area contributed by atoms with Crippen molar-refractivity contribution in [2.75, 3.05) is 32.6 Å². The number of imidazole rings is 1. The van der Waals surface area contributed by atoms with Crippen molar-refractivity contribution in [3.8, 4) is 0 Å². The van der Waals surface area contributed by atoms with E-state index in [4.69, 9.17) is 9.84 Å². The number of aliphatic hydroxyl groups is 1. The Morgan fingerprint density at radius 1 is 1.48 bits per heavy atom. The number of nitrogens with zero attached hydrogens (tertiary/aromatic N) is 3. The zero-order valence-electron chi connectivity index (χ0n) is 14.4. The Balaban J connectivity index is 0.000000450. The predicted molar refractivity (Wildman–Crippen MR) is 98.0 cm³/mol. The number of hydrogen-bond donors (Lipinski definition) is 3. The van der Waals surface area contributed by atoms with Gasteiger partial charge in [0.1, 0.15) is 11.6 Å². The van der Waals surface area contributed by atoms with E-state index in [0.717, 1.165) is 22.7 Å². The van der Waals surface area contributed by atoms with Gasteiger partial charge in [0.25, 0.3) is 0 Å². The van der Waals surface area contributed by atoms with Crippen molar-refractivity contribution in [2.45, 2.75) is 0 Å². The number of hydrogen-bond acceptors (Lipinski definition) is 6. The van der Waals surface area contributed by atoms with Gasteiger partial charge in [-0.25, -0.2) is 9.50 Å². The summed E-state index contributed by atoms with van der Waals surface area (Å²) < 4.78 is 6.75. The van der Waals surface area contributed by atoms with Gasteiger partial charge < -0.3 is 20.5 Å². The molecular formula is C17H23N5O3. The molecule has 2 heterocycles. The number of allylic oxidation sites excluding steroid dienone is 3. The van der Waals surface area contributed by atoms with Gasteiger partial charge in [0.2, 0.25) is 6.41 Å². The molecule has 0 unspecified atom stereocenters. The zero-order chi connectivity index (χ0) is 18.7. The number of methoxy groups -OCH3 is 1. The van der Waals surface area contributed by atoms with Gasteiger partial charge in [0, 0.05) is 19.2 Å². The summed E-state index contributed by atoms with van der Waals surface area (Å²) in [5, 5.41) is 17.7. The van der Waals surface area contributed by atoms with Crippen LogP contribution in [0.3, 0.4) is 0 Å². The highest BCUT2D eigenvalue weighted by atomic mass is 16.5. The lowest BCUT2D eigenvalue weighted by molar-refractivity contribution is -0.109. The quantitative estimate of drug-likeness (QED) is 0.288. The molecule has 3 N–H and O–H groups in total. The third-order valence-electron chi connectivity index (χ3n) is 3.01. The van der Waals surface area contributed by atoms with Crippen LogP contribution in [0.15, 0.2) is 49.4 Å². The van der Waals surface area contributed by atoms with Gasteiger partial charge in [-0.1, -0.05) is 19.2 Å². The molecule has 0 radical (unpaired) electrons. The number of aromatic nitrogens is 3. The van der Waals surface area contributed by atoms with Crippen LogP contribution in [0.1, 0.15) is 5.69 Å². The van der Waals surface area contributed by atoms with Crippen molar-refractivity contribution >= 4 is 23.4 Å². The van der Waals surface area contributed by atoms with E-state index in [1.54, 1.807) is 23.8 Å².